The number of methoxy groups -OCH3 is 1. The summed E-state index contributed by atoms with van der Waals surface area (Å²) in [6, 6.07) is 12.4. The van der Waals surface area contributed by atoms with Crippen molar-refractivity contribution >= 4 is 22.9 Å². The molecule has 0 saturated carbocycles. The van der Waals surface area contributed by atoms with Gasteiger partial charge in [-0.2, -0.15) is 5.26 Å². The van der Waals surface area contributed by atoms with Crippen molar-refractivity contribution in [2.75, 3.05) is 12.4 Å². The Kier molecular flexibility index (Phi) is 4.73. The van der Waals surface area contributed by atoms with Gasteiger partial charge in [0, 0.05) is 6.20 Å². The predicted octanol–water partition coefficient (Wildman–Crippen LogP) is 3.65. The average Bonchev–Trinajstić information content (AvgIpc) is 3.04. The van der Waals surface area contributed by atoms with E-state index in [9.17, 15) is 4.79 Å². The summed E-state index contributed by atoms with van der Waals surface area (Å²) < 4.78 is 5.24. The number of anilines is 1. The van der Waals surface area contributed by atoms with Gasteiger partial charge in [0.2, 0.25) is 0 Å². The summed E-state index contributed by atoms with van der Waals surface area (Å²) in [5.74, 6) is 0.185. The van der Waals surface area contributed by atoms with Crippen LogP contribution in [0.25, 0.3) is 10.7 Å². The molecule has 0 unspecified atom stereocenters. The van der Waals surface area contributed by atoms with Gasteiger partial charge in [-0.05, 0) is 37.3 Å². The highest BCUT2D eigenvalue weighted by molar-refractivity contribution is 7.17. The van der Waals surface area contributed by atoms with Crippen LogP contribution in [-0.4, -0.2) is 23.0 Å². The molecular weight excluding hydrogens is 336 g/mol. The first-order chi connectivity index (χ1) is 12.1. The lowest BCUT2D eigenvalue weighted by Crippen LogP contribution is -2.12. The number of nitriles is 1. The van der Waals surface area contributed by atoms with Gasteiger partial charge in [0.1, 0.15) is 15.6 Å². The fourth-order valence-corrected chi connectivity index (χ4v) is 3.20. The lowest BCUT2D eigenvalue weighted by molar-refractivity contribution is 0.102. The van der Waals surface area contributed by atoms with E-state index in [1.165, 1.54) is 18.4 Å². The summed E-state index contributed by atoms with van der Waals surface area (Å²) in [7, 11) is 1.51. The first kappa shape index (κ1) is 16.6. The van der Waals surface area contributed by atoms with Crippen molar-refractivity contribution in [2.24, 2.45) is 0 Å². The lowest BCUT2D eigenvalue weighted by atomic mass is 10.2. The zero-order valence-electron chi connectivity index (χ0n) is 13.6. The fraction of sp³-hybridized carbons (Fsp3) is 0.111. The average molecular weight is 350 g/mol. The molecule has 0 aliphatic carbocycles. The van der Waals surface area contributed by atoms with E-state index < -0.39 is 0 Å². The van der Waals surface area contributed by atoms with Crippen molar-refractivity contribution in [1.29, 1.82) is 5.26 Å². The number of ether oxygens (including phenoxy) is 1. The number of carbonyl (C=O) groups is 1. The second-order valence-corrected chi connectivity index (χ2v) is 6.13. The number of rotatable bonds is 4. The maximum Gasteiger partial charge on any atom is 0.267 e. The van der Waals surface area contributed by atoms with Gasteiger partial charge in [0.15, 0.2) is 0 Å². The zero-order valence-corrected chi connectivity index (χ0v) is 14.4. The Hall–Kier alpha value is -3.24. The van der Waals surface area contributed by atoms with Gasteiger partial charge in [-0.3, -0.25) is 9.78 Å². The highest BCUT2D eigenvalue weighted by atomic mass is 32.1. The Balaban J connectivity index is 1.90. The Bertz CT molecular complexity index is 961. The monoisotopic (exact) mass is 350 g/mol. The molecule has 0 aliphatic rings. The Morgan fingerprint density at radius 1 is 1.32 bits per heavy atom. The summed E-state index contributed by atoms with van der Waals surface area (Å²) >= 11 is 1.27. The molecule has 0 atom stereocenters. The van der Waals surface area contributed by atoms with Crippen molar-refractivity contribution in [2.45, 2.75) is 6.92 Å². The normalized spacial score (nSPS) is 10.1. The standard InChI is InChI=1S/C18H14N4O2S/c1-11-16(25-18(21-11)13-5-3-4-8-20-13)17(23)22-14-9-12(10-19)6-7-15(14)24-2/h3-9H,1-2H3,(H,22,23). The number of hydrogen-bond donors (Lipinski definition) is 1. The van der Waals surface area contributed by atoms with E-state index in [2.05, 4.69) is 15.3 Å². The van der Waals surface area contributed by atoms with Crippen LogP contribution >= 0.6 is 11.3 Å². The van der Waals surface area contributed by atoms with Crippen molar-refractivity contribution in [3.63, 3.8) is 0 Å². The molecule has 3 aromatic rings. The lowest BCUT2D eigenvalue weighted by Gasteiger charge is -2.09. The number of nitrogens with zero attached hydrogens (tertiary/aromatic N) is 3. The molecule has 0 spiro atoms. The van der Waals surface area contributed by atoms with Crippen LogP contribution in [0.3, 0.4) is 0 Å². The SMILES string of the molecule is COc1ccc(C#N)cc1NC(=O)c1sc(-c2ccccn2)nc1C. The molecule has 0 bridgehead atoms. The highest BCUT2D eigenvalue weighted by Gasteiger charge is 2.18. The van der Waals surface area contributed by atoms with E-state index in [0.29, 0.717) is 32.6 Å². The molecule has 0 saturated heterocycles. The molecule has 0 aliphatic heterocycles. The smallest absolute Gasteiger partial charge is 0.267 e. The van der Waals surface area contributed by atoms with Crippen LogP contribution in [0.4, 0.5) is 5.69 Å². The molecule has 6 nitrogen and oxygen atoms in total. The Morgan fingerprint density at radius 2 is 2.16 bits per heavy atom. The number of thiazole rings is 1. The zero-order chi connectivity index (χ0) is 17.8. The molecule has 1 aromatic carbocycles. The van der Waals surface area contributed by atoms with Crippen molar-refractivity contribution in [3.8, 4) is 22.5 Å². The molecule has 25 heavy (non-hydrogen) atoms. The highest BCUT2D eigenvalue weighted by Crippen LogP contribution is 2.29. The van der Waals surface area contributed by atoms with Gasteiger partial charge < -0.3 is 10.1 Å². The molecule has 1 N–H and O–H groups in total. The van der Waals surface area contributed by atoms with E-state index >= 15 is 0 Å². The van der Waals surface area contributed by atoms with Crippen molar-refractivity contribution < 1.29 is 9.53 Å². The van der Waals surface area contributed by atoms with E-state index in [1.807, 2.05) is 24.3 Å². The van der Waals surface area contributed by atoms with Crippen LogP contribution in [0.1, 0.15) is 20.9 Å². The molecule has 2 heterocycles. The van der Waals surface area contributed by atoms with Crippen molar-refractivity contribution in [3.05, 3.63) is 58.7 Å². The molecule has 3 rings (SSSR count). The third-order valence-electron chi connectivity index (χ3n) is 3.46. The number of hydrogen-bond acceptors (Lipinski definition) is 6. The molecule has 7 heteroatoms. The third-order valence-corrected chi connectivity index (χ3v) is 4.64. The van der Waals surface area contributed by atoms with E-state index in [-0.39, 0.29) is 5.91 Å². The first-order valence-electron chi connectivity index (χ1n) is 7.40. The number of aromatic nitrogens is 2. The van der Waals surface area contributed by atoms with Crippen LogP contribution in [-0.2, 0) is 0 Å². The minimum atomic E-state index is -0.300. The summed E-state index contributed by atoms with van der Waals surface area (Å²) in [5.41, 5.74) is 2.22. The second kappa shape index (κ2) is 7.11. The quantitative estimate of drug-likeness (QED) is 0.776. The van der Waals surface area contributed by atoms with Crippen LogP contribution in [0, 0.1) is 18.3 Å². The van der Waals surface area contributed by atoms with Gasteiger partial charge in [-0.25, -0.2) is 4.98 Å². The number of benzene rings is 1. The topological polar surface area (TPSA) is 87.9 Å². The Labute approximate surface area is 148 Å². The van der Waals surface area contributed by atoms with E-state index in [4.69, 9.17) is 10.00 Å². The maximum atomic E-state index is 12.6. The molecule has 0 radical (unpaired) electrons. The Morgan fingerprint density at radius 3 is 2.84 bits per heavy atom. The maximum absolute atomic E-state index is 12.6. The summed E-state index contributed by atoms with van der Waals surface area (Å²) in [4.78, 5) is 21.8. The number of nitrogens with one attached hydrogen (secondary N) is 1. The van der Waals surface area contributed by atoms with Crippen LogP contribution in [0.15, 0.2) is 42.6 Å². The molecule has 124 valence electrons. The largest absolute Gasteiger partial charge is 0.495 e. The molecular formula is C18H14N4O2S. The molecule has 1 amide bonds. The molecule has 2 aromatic heterocycles. The predicted molar refractivity (Wildman–Crippen MR) is 95.7 cm³/mol. The van der Waals surface area contributed by atoms with Gasteiger partial charge in [0.05, 0.1) is 35.8 Å². The minimum Gasteiger partial charge on any atom is -0.495 e. The van der Waals surface area contributed by atoms with Gasteiger partial charge in [-0.1, -0.05) is 6.07 Å². The van der Waals surface area contributed by atoms with E-state index in [0.717, 1.165) is 5.69 Å². The van der Waals surface area contributed by atoms with E-state index in [1.54, 1.807) is 31.3 Å². The fourth-order valence-electron chi connectivity index (χ4n) is 2.26. The van der Waals surface area contributed by atoms with Crippen LogP contribution < -0.4 is 10.1 Å². The summed E-state index contributed by atoms with van der Waals surface area (Å²) in [5, 5.41) is 12.5. The summed E-state index contributed by atoms with van der Waals surface area (Å²) in [6.07, 6.45) is 1.68. The van der Waals surface area contributed by atoms with Crippen LogP contribution in [0.5, 0.6) is 5.75 Å². The van der Waals surface area contributed by atoms with Gasteiger partial charge >= 0.3 is 0 Å². The third kappa shape index (κ3) is 3.49. The number of carbonyl (C=O) groups excluding carboxylic acids is 1. The molecule has 0 fully saturated rings. The van der Waals surface area contributed by atoms with Crippen LogP contribution in [0.2, 0.25) is 0 Å². The minimum absolute atomic E-state index is 0.300. The number of amides is 1. The van der Waals surface area contributed by atoms with Gasteiger partial charge in [0.25, 0.3) is 5.91 Å². The second-order valence-electron chi connectivity index (χ2n) is 5.13. The first-order valence-corrected chi connectivity index (χ1v) is 8.22. The summed E-state index contributed by atoms with van der Waals surface area (Å²) in [6.45, 7) is 1.78. The van der Waals surface area contributed by atoms with Gasteiger partial charge in [-0.15, -0.1) is 11.3 Å². The number of pyridine rings is 1. The number of aryl methyl sites for hydroxylation is 1. The van der Waals surface area contributed by atoms with Crippen molar-refractivity contribution in [1.82, 2.24) is 9.97 Å².